The molecule has 0 amide bonds. The summed E-state index contributed by atoms with van der Waals surface area (Å²) in [6.07, 6.45) is 0.364. The molecule has 0 aromatic heterocycles. The van der Waals surface area contributed by atoms with Crippen LogP contribution >= 0.6 is 12.4 Å². The van der Waals surface area contributed by atoms with Crippen molar-refractivity contribution in [2.75, 3.05) is 13.6 Å². The van der Waals surface area contributed by atoms with Crippen LogP contribution in [0.25, 0.3) is 0 Å². The Morgan fingerprint density at radius 2 is 1.91 bits per heavy atom. The highest BCUT2D eigenvalue weighted by Gasteiger charge is 2.10. The molecule has 1 atom stereocenters. The van der Waals surface area contributed by atoms with Gasteiger partial charge in [-0.15, -0.1) is 12.4 Å². The Balaban J connectivity index is 0.00000264. The highest BCUT2D eigenvalue weighted by Crippen LogP contribution is 2.19. The van der Waals surface area contributed by atoms with Gasteiger partial charge in [0.05, 0.1) is 6.10 Å². The number of aliphatic hydroxyl groups excluding tert-OH is 1. The van der Waals surface area contributed by atoms with Crippen molar-refractivity contribution < 1.29 is 14.6 Å². The fourth-order valence-corrected chi connectivity index (χ4v) is 2.17. The minimum atomic E-state index is -0.618. The summed E-state index contributed by atoms with van der Waals surface area (Å²) in [5.41, 5.74) is 1.83. The van der Waals surface area contributed by atoms with E-state index in [9.17, 15) is 9.90 Å². The van der Waals surface area contributed by atoms with Crippen LogP contribution in [0, 0.1) is 0 Å². The molecular weight excluding hydrogens is 314 g/mol. The van der Waals surface area contributed by atoms with Crippen LogP contribution in [0.2, 0.25) is 0 Å². The number of aryl methyl sites for hydroxylation is 1. The minimum Gasteiger partial charge on any atom is -0.427 e. The van der Waals surface area contributed by atoms with Crippen molar-refractivity contribution in [2.24, 2.45) is 0 Å². The van der Waals surface area contributed by atoms with Crippen LogP contribution in [-0.4, -0.2) is 24.7 Å². The quantitative estimate of drug-likeness (QED) is 0.603. The molecule has 0 aliphatic heterocycles. The van der Waals surface area contributed by atoms with Crippen molar-refractivity contribution in [1.82, 2.24) is 5.32 Å². The van der Waals surface area contributed by atoms with Gasteiger partial charge >= 0.3 is 5.97 Å². The number of carbonyl (C=O) groups excluding carboxylic acids is 1. The Morgan fingerprint density at radius 1 is 1.17 bits per heavy atom. The third kappa shape index (κ3) is 6.40. The first kappa shape index (κ1) is 19.2. The van der Waals surface area contributed by atoms with Gasteiger partial charge in [-0.1, -0.05) is 42.5 Å². The molecular formula is C18H22ClNO3. The number of benzene rings is 2. The molecule has 23 heavy (non-hydrogen) atoms. The minimum absolute atomic E-state index is 0. The van der Waals surface area contributed by atoms with E-state index in [0.29, 0.717) is 25.1 Å². The molecule has 0 aliphatic carbocycles. The lowest BCUT2D eigenvalue weighted by molar-refractivity contribution is -0.134. The lowest BCUT2D eigenvalue weighted by atomic mass is 10.1. The van der Waals surface area contributed by atoms with Crippen LogP contribution in [0.15, 0.2) is 54.6 Å². The number of halogens is 1. The Bertz CT molecular complexity index is 604. The number of esters is 1. The average molecular weight is 336 g/mol. The van der Waals surface area contributed by atoms with Crippen LogP contribution < -0.4 is 10.1 Å². The van der Waals surface area contributed by atoms with Gasteiger partial charge in [0.25, 0.3) is 0 Å². The normalized spacial score (nSPS) is 11.4. The van der Waals surface area contributed by atoms with Gasteiger partial charge in [-0.25, -0.2) is 0 Å². The standard InChI is InChI=1S/C18H21NO3.ClH/c1-19-13-17(20)15-8-5-9-16(12-15)22-18(21)11-10-14-6-3-2-4-7-14;/h2-9,12,17,19-20H,10-11,13H2,1H3;1H. The summed E-state index contributed by atoms with van der Waals surface area (Å²) in [6.45, 7) is 0.450. The zero-order valence-corrected chi connectivity index (χ0v) is 13.9. The van der Waals surface area contributed by atoms with Crippen LogP contribution in [-0.2, 0) is 11.2 Å². The first-order valence-corrected chi connectivity index (χ1v) is 7.36. The molecule has 0 aliphatic rings. The van der Waals surface area contributed by atoms with E-state index in [1.807, 2.05) is 36.4 Å². The molecule has 124 valence electrons. The van der Waals surface area contributed by atoms with Crippen LogP contribution in [0.5, 0.6) is 5.75 Å². The van der Waals surface area contributed by atoms with Gasteiger partial charge < -0.3 is 15.2 Å². The fraction of sp³-hybridized carbons (Fsp3) is 0.278. The molecule has 1 unspecified atom stereocenters. The van der Waals surface area contributed by atoms with Gasteiger partial charge in [0, 0.05) is 13.0 Å². The van der Waals surface area contributed by atoms with E-state index in [2.05, 4.69) is 5.32 Å². The zero-order chi connectivity index (χ0) is 15.8. The predicted octanol–water partition coefficient (Wildman–Crippen LogP) is 2.90. The molecule has 4 nitrogen and oxygen atoms in total. The summed E-state index contributed by atoms with van der Waals surface area (Å²) in [5, 5.41) is 12.8. The maximum atomic E-state index is 11.9. The van der Waals surface area contributed by atoms with Gasteiger partial charge in [-0.05, 0) is 36.7 Å². The van der Waals surface area contributed by atoms with Gasteiger partial charge in [0.2, 0.25) is 0 Å². The molecule has 2 aromatic carbocycles. The average Bonchev–Trinajstić information content (AvgIpc) is 2.54. The Hall–Kier alpha value is -1.88. The molecule has 0 spiro atoms. The molecule has 5 heteroatoms. The number of rotatable bonds is 7. The molecule has 0 saturated carbocycles. The number of nitrogens with one attached hydrogen (secondary N) is 1. The van der Waals surface area contributed by atoms with E-state index in [1.165, 1.54) is 0 Å². The van der Waals surface area contributed by atoms with E-state index in [4.69, 9.17) is 4.74 Å². The summed E-state index contributed by atoms with van der Waals surface area (Å²) in [7, 11) is 1.77. The largest absolute Gasteiger partial charge is 0.427 e. The van der Waals surface area contributed by atoms with Crippen molar-refractivity contribution in [3.63, 3.8) is 0 Å². The second kappa shape index (κ2) is 10.0. The molecule has 0 saturated heterocycles. The fourth-order valence-electron chi connectivity index (χ4n) is 2.17. The second-order valence-corrected chi connectivity index (χ2v) is 5.11. The molecule has 2 N–H and O–H groups in total. The highest BCUT2D eigenvalue weighted by atomic mass is 35.5. The van der Waals surface area contributed by atoms with E-state index in [0.717, 1.165) is 11.1 Å². The number of carbonyl (C=O) groups is 1. The van der Waals surface area contributed by atoms with E-state index < -0.39 is 6.10 Å². The number of aliphatic hydroxyl groups is 1. The maximum absolute atomic E-state index is 11.9. The molecule has 0 heterocycles. The monoisotopic (exact) mass is 335 g/mol. The van der Waals surface area contributed by atoms with Crippen LogP contribution in [0.1, 0.15) is 23.7 Å². The molecule has 0 bridgehead atoms. The smallest absolute Gasteiger partial charge is 0.311 e. The third-order valence-corrected chi connectivity index (χ3v) is 3.33. The number of ether oxygens (including phenoxy) is 1. The lowest BCUT2D eigenvalue weighted by Gasteiger charge is -2.11. The zero-order valence-electron chi connectivity index (χ0n) is 13.1. The Kier molecular flexibility index (Phi) is 8.33. The van der Waals surface area contributed by atoms with Crippen LogP contribution in [0.4, 0.5) is 0 Å². The Morgan fingerprint density at radius 3 is 2.61 bits per heavy atom. The highest BCUT2D eigenvalue weighted by molar-refractivity contribution is 5.85. The summed E-state index contributed by atoms with van der Waals surface area (Å²) in [6, 6.07) is 16.8. The summed E-state index contributed by atoms with van der Waals surface area (Å²) < 4.78 is 5.33. The van der Waals surface area contributed by atoms with Crippen LogP contribution in [0.3, 0.4) is 0 Å². The molecule has 2 aromatic rings. The predicted molar refractivity (Wildman–Crippen MR) is 93.0 cm³/mol. The van der Waals surface area contributed by atoms with Crippen molar-refractivity contribution in [3.8, 4) is 5.75 Å². The summed E-state index contributed by atoms with van der Waals surface area (Å²) >= 11 is 0. The van der Waals surface area contributed by atoms with Gasteiger partial charge in [-0.3, -0.25) is 4.79 Å². The molecule has 2 rings (SSSR count). The first-order chi connectivity index (χ1) is 10.7. The summed E-state index contributed by atoms with van der Waals surface area (Å²) in [5.74, 6) is 0.190. The van der Waals surface area contributed by atoms with E-state index >= 15 is 0 Å². The number of hydrogen-bond acceptors (Lipinski definition) is 4. The number of likely N-dealkylation sites (N-methyl/N-ethyl adjacent to an activating group) is 1. The number of hydrogen-bond donors (Lipinski definition) is 2. The van der Waals surface area contributed by atoms with Crippen molar-refractivity contribution in [3.05, 3.63) is 65.7 Å². The second-order valence-electron chi connectivity index (χ2n) is 5.11. The SMILES string of the molecule is CNCC(O)c1cccc(OC(=O)CCc2ccccc2)c1.Cl. The van der Waals surface area contributed by atoms with Gasteiger partial charge in [-0.2, -0.15) is 0 Å². The molecule has 0 radical (unpaired) electrons. The van der Waals surface area contributed by atoms with E-state index in [-0.39, 0.29) is 18.4 Å². The first-order valence-electron chi connectivity index (χ1n) is 7.36. The maximum Gasteiger partial charge on any atom is 0.311 e. The topological polar surface area (TPSA) is 58.6 Å². The molecule has 0 fully saturated rings. The van der Waals surface area contributed by atoms with Gasteiger partial charge in [0.1, 0.15) is 5.75 Å². The third-order valence-electron chi connectivity index (χ3n) is 3.33. The van der Waals surface area contributed by atoms with Crippen molar-refractivity contribution in [1.29, 1.82) is 0 Å². The van der Waals surface area contributed by atoms with Crippen molar-refractivity contribution >= 4 is 18.4 Å². The van der Waals surface area contributed by atoms with Gasteiger partial charge in [0.15, 0.2) is 0 Å². The lowest BCUT2D eigenvalue weighted by Crippen LogP contribution is -2.16. The Labute approximate surface area is 142 Å². The van der Waals surface area contributed by atoms with E-state index in [1.54, 1.807) is 25.2 Å². The summed E-state index contributed by atoms with van der Waals surface area (Å²) in [4.78, 5) is 11.9. The van der Waals surface area contributed by atoms with Crippen molar-refractivity contribution in [2.45, 2.75) is 18.9 Å².